The van der Waals surface area contributed by atoms with Crippen LogP contribution in [0.2, 0.25) is 0 Å². The van der Waals surface area contributed by atoms with Gasteiger partial charge in [0.05, 0.1) is 0 Å². The van der Waals surface area contributed by atoms with E-state index in [2.05, 4.69) is 38.2 Å². The molecule has 0 nitrogen and oxygen atoms in total. The predicted octanol–water partition coefficient (Wildman–Crippen LogP) is 2.83. The molecule has 0 amide bonds. The number of hydrogen-bond acceptors (Lipinski definition) is 1. The van der Waals surface area contributed by atoms with Crippen molar-refractivity contribution < 1.29 is 0 Å². The second kappa shape index (κ2) is 3.29. The summed E-state index contributed by atoms with van der Waals surface area (Å²) in [4.78, 5) is 0. The van der Waals surface area contributed by atoms with Crippen molar-refractivity contribution in [3.05, 3.63) is 31.2 Å². The molecule has 0 saturated heterocycles. The fourth-order valence-corrected chi connectivity index (χ4v) is 2.00. The molecule has 0 N–H and O–H groups in total. The second-order valence-corrected chi connectivity index (χ2v) is 4.17. The summed E-state index contributed by atoms with van der Waals surface area (Å²) in [6.45, 7) is 6.31. The van der Waals surface area contributed by atoms with Gasteiger partial charge in [-0.3, -0.25) is 0 Å². The fourth-order valence-electron chi connectivity index (χ4n) is 1.04. The molecule has 0 heterocycles. The predicted molar refractivity (Wildman–Crippen MR) is 49.1 cm³/mol. The van der Waals surface area contributed by atoms with Crippen molar-refractivity contribution in [2.24, 2.45) is 0 Å². The van der Waals surface area contributed by atoms with E-state index in [1.165, 1.54) is 0 Å². The van der Waals surface area contributed by atoms with Gasteiger partial charge in [0.25, 0.3) is 0 Å². The van der Waals surface area contributed by atoms with E-state index in [0.717, 1.165) is 12.2 Å². The van der Waals surface area contributed by atoms with Gasteiger partial charge in [-0.05, 0) is 19.1 Å². The molecule has 1 aliphatic rings. The molecular weight excluding hydrogens is 140 g/mol. The Morgan fingerprint density at radius 3 is 2.90 bits per heavy atom. The lowest BCUT2D eigenvalue weighted by atomic mass is 10.0. The van der Waals surface area contributed by atoms with Crippen molar-refractivity contribution in [3.63, 3.8) is 0 Å². The molecule has 0 aromatic heterocycles. The fraction of sp³-hybridized carbons (Fsp3) is 0.444. The smallest absolute Gasteiger partial charge is 0.0376 e. The highest BCUT2D eigenvalue weighted by Gasteiger charge is 2.19. The van der Waals surface area contributed by atoms with Crippen LogP contribution < -0.4 is 0 Å². The van der Waals surface area contributed by atoms with Crippen LogP contribution in [0.15, 0.2) is 24.3 Å². The Morgan fingerprint density at radius 2 is 2.40 bits per heavy atom. The van der Waals surface area contributed by atoms with Gasteiger partial charge in [-0.2, -0.15) is 11.8 Å². The van der Waals surface area contributed by atoms with Crippen molar-refractivity contribution in [2.75, 3.05) is 5.75 Å². The van der Waals surface area contributed by atoms with Crippen LogP contribution >= 0.6 is 11.8 Å². The maximum atomic E-state index is 4.14. The molecule has 1 aliphatic carbocycles. The minimum atomic E-state index is 0.128. The van der Waals surface area contributed by atoms with Gasteiger partial charge in [-0.25, -0.2) is 0 Å². The molecule has 0 aromatic rings. The molecule has 10 heavy (non-hydrogen) atoms. The highest BCUT2D eigenvalue weighted by Crippen LogP contribution is 2.31. The normalized spacial score (nSPS) is 31.0. The van der Waals surface area contributed by atoms with Gasteiger partial charge in [-0.15, -0.1) is 0 Å². The van der Waals surface area contributed by atoms with E-state index in [9.17, 15) is 0 Å². The van der Waals surface area contributed by atoms with Crippen LogP contribution in [0.25, 0.3) is 0 Å². The Bertz CT molecular complexity index is 158. The van der Waals surface area contributed by atoms with Gasteiger partial charge in [0, 0.05) is 4.75 Å². The first-order valence-corrected chi connectivity index (χ1v) is 4.59. The van der Waals surface area contributed by atoms with Gasteiger partial charge in [0.2, 0.25) is 0 Å². The number of thioether (sulfide) groups is 1. The van der Waals surface area contributed by atoms with E-state index < -0.39 is 0 Å². The van der Waals surface area contributed by atoms with E-state index in [4.69, 9.17) is 0 Å². The Balaban J connectivity index is 2.52. The Labute approximate surface area is 67.4 Å². The summed E-state index contributed by atoms with van der Waals surface area (Å²) in [5, 5.41) is 0. The molecule has 0 saturated carbocycles. The average molecular weight is 153 g/mol. The molecule has 0 aromatic carbocycles. The topological polar surface area (TPSA) is 0 Å². The van der Waals surface area contributed by atoms with Crippen molar-refractivity contribution in [2.45, 2.75) is 18.1 Å². The van der Waals surface area contributed by atoms with Gasteiger partial charge < -0.3 is 0 Å². The van der Waals surface area contributed by atoms with E-state index in [1.807, 2.05) is 11.8 Å². The van der Waals surface area contributed by atoms with Crippen LogP contribution in [-0.4, -0.2) is 10.5 Å². The van der Waals surface area contributed by atoms with Crippen molar-refractivity contribution in [1.29, 1.82) is 0 Å². The molecule has 55 valence electrons. The summed E-state index contributed by atoms with van der Waals surface area (Å²) in [6, 6.07) is 0. The van der Waals surface area contributed by atoms with Gasteiger partial charge in [0.15, 0.2) is 0 Å². The first kappa shape index (κ1) is 7.93. The number of rotatable bonds is 2. The van der Waals surface area contributed by atoms with Crippen molar-refractivity contribution in [1.82, 2.24) is 0 Å². The maximum Gasteiger partial charge on any atom is 0.0376 e. The van der Waals surface area contributed by atoms with Crippen LogP contribution in [0.1, 0.15) is 13.3 Å². The minimum absolute atomic E-state index is 0.128. The van der Waals surface area contributed by atoms with Crippen LogP contribution in [0.3, 0.4) is 0 Å². The second-order valence-electron chi connectivity index (χ2n) is 2.49. The van der Waals surface area contributed by atoms with Gasteiger partial charge in [-0.1, -0.05) is 31.2 Å². The van der Waals surface area contributed by atoms with Crippen molar-refractivity contribution in [3.8, 4) is 0 Å². The first-order valence-electron chi connectivity index (χ1n) is 3.60. The van der Waals surface area contributed by atoms with Crippen LogP contribution in [0, 0.1) is 6.92 Å². The lowest BCUT2D eigenvalue weighted by Gasteiger charge is -2.24. The molecule has 0 aliphatic heterocycles. The lowest BCUT2D eigenvalue weighted by Crippen LogP contribution is -2.17. The number of hydrogen-bond donors (Lipinski definition) is 0. The molecule has 0 fully saturated rings. The van der Waals surface area contributed by atoms with Crippen LogP contribution in [0.4, 0.5) is 0 Å². The Hall–Kier alpha value is -0.170. The molecule has 1 atom stereocenters. The van der Waals surface area contributed by atoms with Crippen LogP contribution in [-0.2, 0) is 0 Å². The molecule has 1 heteroatoms. The summed E-state index contributed by atoms with van der Waals surface area (Å²) >= 11 is 1.91. The third kappa shape index (κ3) is 1.91. The zero-order valence-electron chi connectivity index (χ0n) is 6.34. The molecule has 0 spiro atoms. The molecule has 1 unspecified atom stereocenters. The molecular formula is C9H13S. The third-order valence-corrected chi connectivity index (χ3v) is 2.71. The van der Waals surface area contributed by atoms with Crippen molar-refractivity contribution >= 4 is 11.8 Å². The standard InChI is InChI=1S/C9H13S/c1-3-10-9(2)7-5-4-6-8-9/h4-7H,2-3,8H2,1H3. The maximum absolute atomic E-state index is 4.14. The monoisotopic (exact) mass is 153 g/mol. The summed E-state index contributed by atoms with van der Waals surface area (Å²) < 4.78 is 0.128. The summed E-state index contributed by atoms with van der Waals surface area (Å²) in [5.41, 5.74) is 0. The van der Waals surface area contributed by atoms with Gasteiger partial charge in [0.1, 0.15) is 0 Å². The highest BCUT2D eigenvalue weighted by atomic mass is 32.2. The SMILES string of the molecule is [CH2]C1(SCC)C=CC=CC1. The van der Waals surface area contributed by atoms with E-state index >= 15 is 0 Å². The average Bonchev–Trinajstić information content (AvgIpc) is 1.89. The molecule has 1 rings (SSSR count). The molecule has 1 radical (unpaired) electrons. The Morgan fingerprint density at radius 1 is 1.60 bits per heavy atom. The quantitative estimate of drug-likeness (QED) is 0.588. The lowest BCUT2D eigenvalue weighted by molar-refractivity contribution is 0.877. The summed E-state index contributed by atoms with van der Waals surface area (Å²) in [6.07, 6.45) is 9.59. The number of allylic oxidation sites excluding steroid dienone is 3. The Kier molecular flexibility index (Phi) is 2.61. The first-order chi connectivity index (χ1) is 4.77. The van der Waals surface area contributed by atoms with E-state index in [0.29, 0.717) is 0 Å². The third-order valence-electron chi connectivity index (χ3n) is 1.54. The van der Waals surface area contributed by atoms with E-state index in [1.54, 1.807) is 0 Å². The summed E-state index contributed by atoms with van der Waals surface area (Å²) in [7, 11) is 0. The molecule has 0 bridgehead atoms. The zero-order valence-corrected chi connectivity index (χ0v) is 7.16. The van der Waals surface area contributed by atoms with Crippen LogP contribution in [0.5, 0.6) is 0 Å². The van der Waals surface area contributed by atoms with E-state index in [-0.39, 0.29) is 4.75 Å². The minimum Gasteiger partial charge on any atom is -0.151 e. The highest BCUT2D eigenvalue weighted by molar-refractivity contribution is 8.00. The summed E-state index contributed by atoms with van der Waals surface area (Å²) in [5.74, 6) is 1.14. The van der Waals surface area contributed by atoms with Gasteiger partial charge >= 0.3 is 0 Å². The zero-order chi connectivity index (χ0) is 7.45. The largest absolute Gasteiger partial charge is 0.151 e.